The molecule has 0 amide bonds. The quantitative estimate of drug-likeness (QED) is 0.357. The maximum absolute atomic E-state index is 12.4. The molecule has 0 aliphatic heterocycles. The number of aromatic hydroxyl groups is 3. The smallest absolute Gasteiger partial charge is 0.268 e. The highest BCUT2D eigenvalue weighted by Gasteiger charge is 2.19. The van der Waals surface area contributed by atoms with Gasteiger partial charge in [0.05, 0.1) is 7.11 Å². The summed E-state index contributed by atoms with van der Waals surface area (Å²) in [6.07, 6.45) is 0.206. The number of aryl methyl sites for hydroxylation is 1. The number of ether oxygens (including phenoxy) is 2. The Labute approximate surface area is 161 Å². The average Bonchev–Trinajstić information content (AvgIpc) is 2.58. The number of rotatable bonds is 9. The highest BCUT2D eigenvalue weighted by molar-refractivity contribution is 7.85. The summed E-state index contributed by atoms with van der Waals surface area (Å²) < 4.78 is 39.9. The lowest BCUT2D eigenvalue weighted by atomic mass is 10.0. The van der Waals surface area contributed by atoms with Crippen LogP contribution in [-0.4, -0.2) is 53.5 Å². The number of methoxy groups -OCH3 is 1. The molecule has 0 saturated heterocycles. The lowest BCUT2D eigenvalue weighted by molar-refractivity contribution is 0.0977. The minimum Gasteiger partial charge on any atom is -0.507 e. The molecule has 0 spiro atoms. The molecule has 4 N–H and O–H groups in total. The summed E-state index contributed by atoms with van der Waals surface area (Å²) >= 11 is 0. The van der Waals surface area contributed by atoms with Gasteiger partial charge in [0.2, 0.25) is 0 Å². The number of carbonyl (C=O) groups excluding carboxylic acids is 1. The number of ketones is 1. The molecular weight excluding hydrogens is 392 g/mol. The molecule has 0 bridgehead atoms. The second-order valence-corrected chi connectivity index (χ2v) is 7.47. The second-order valence-electron chi connectivity index (χ2n) is 5.90. The SMILES string of the molecule is COc1ccc(CCC(=O)c2c(O)cc(OCCS(=O)(=O)O)cc2O)cc1O. The number of hydrogen-bond acceptors (Lipinski definition) is 8. The van der Waals surface area contributed by atoms with E-state index in [4.69, 9.17) is 14.0 Å². The molecule has 0 aliphatic carbocycles. The molecule has 0 atom stereocenters. The van der Waals surface area contributed by atoms with Crippen molar-refractivity contribution in [2.75, 3.05) is 19.5 Å². The largest absolute Gasteiger partial charge is 0.507 e. The molecule has 0 fully saturated rings. The molecule has 10 heteroatoms. The first-order chi connectivity index (χ1) is 13.1. The Bertz CT molecular complexity index is 944. The minimum atomic E-state index is -4.21. The first-order valence-electron chi connectivity index (χ1n) is 8.13. The fourth-order valence-corrected chi connectivity index (χ4v) is 2.79. The predicted molar refractivity (Wildman–Crippen MR) is 99.0 cm³/mol. The van der Waals surface area contributed by atoms with Crippen LogP contribution in [0, 0.1) is 0 Å². The van der Waals surface area contributed by atoms with Gasteiger partial charge < -0.3 is 24.8 Å². The third kappa shape index (κ3) is 5.76. The van der Waals surface area contributed by atoms with E-state index in [-0.39, 0.29) is 29.9 Å². The highest BCUT2D eigenvalue weighted by atomic mass is 32.2. The Hall–Kier alpha value is -2.98. The molecule has 2 aromatic carbocycles. The van der Waals surface area contributed by atoms with Crippen molar-refractivity contribution in [3.63, 3.8) is 0 Å². The van der Waals surface area contributed by atoms with E-state index in [1.165, 1.54) is 13.2 Å². The van der Waals surface area contributed by atoms with Crippen molar-refractivity contribution in [3.05, 3.63) is 41.5 Å². The number of phenolic OH excluding ortho intramolecular Hbond substituents is 3. The molecule has 152 valence electrons. The topological polar surface area (TPSA) is 151 Å². The third-order valence-corrected chi connectivity index (χ3v) is 4.53. The summed E-state index contributed by atoms with van der Waals surface area (Å²) in [6.45, 7) is -0.397. The van der Waals surface area contributed by atoms with Crippen LogP contribution in [0.4, 0.5) is 0 Å². The second kappa shape index (κ2) is 8.81. The van der Waals surface area contributed by atoms with Gasteiger partial charge in [-0.2, -0.15) is 8.42 Å². The van der Waals surface area contributed by atoms with E-state index in [2.05, 4.69) is 0 Å². The normalized spacial score (nSPS) is 11.2. The van der Waals surface area contributed by atoms with Gasteiger partial charge in [0.1, 0.15) is 35.2 Å². The van der Waals surface area contributed by atoms with E-state index in [1.807, 2.05) is 0 Å². The zero-order chi connectivity index (χ0) is 20.9. The highest BCUT2D eigenvalue weighted by Crippen LogP contribution is 2.34. The van der Waals surface area contributed by atoms with Crippen molar-refractivity contribution in [2.45, 2.75) is 12.8 Å². The number of Topliss-reactive ketones (excluding diaryl/α,β-unsaturated/α-hetero) is 1. The van der Waals surface area contributed by atoms with Crippen molar-refractivity contribution in [1.29, 1.82) is 0 Å². The van der Waals surface area contributed by atoms with Crippen LogP contribution in [0.15, 0.2) is 30.3 Å². The van der Waals surface area contributed by atoms with Crippen LogP contribution in [0.2, 0.25) is 0 Å². The van der Waals surface area contributed by atoms with E-state index in [1.54, 1.807) is 12.1 Å². The third-order valence-electron chi connectivity index (χ3n) is 3.84. The monoisotopic (exact) mass is 412 g/mol. The summed E-state index contributed by atoms with van der Waals surface area (Å²) in [5.74, 6) is -2.07. The zero-order valence-electron chi connectivity index (χ0n) is 15.0. The van der Waals surface area contributed by atoms with E-state index in [0.717, 1.165) is 12.1 Å². The van der Waals surface area contributed by atoms with Crippen LogP contribution in [0.3, 0.4) is 0 Å². The lowest BCUT2D eigenvalue weighted by Crippen LogP contribution is -2.12. The van der Waals surface area contributed by atoms with Crippen LogP contribution >= 0.6 is 0 Å². The van der Waals surface area contributed by atoms with E-state index in [0.29, 0.717) is 11.3 Å². The maximum Gasteiger partial charge on any atom is 0.268 e. The summed E-state index contributed by atoms with van der Waals surface area (Å²) in [7, 11) is -2.79. The Morgan fingerprint density at radius 2 is 1.68 bits per heavy atom. The van der Waals surface area contributed by atoms with Crippen LogP contribution in [0.1, 0.15) is 22.3 Å². The van der Waals surface area contributed by atoms with Crippen molar-refractivity contribution in [1.82, 2.24) is 0 Å². The summed E-state index contributed by atoms with van der Waals surface area (Å²) in [4.78, 5) is 12.4. The minimum absolute atomic E-state index is 0.0458. The van der Waals surface area contributed by atoms with Crippen molar-refractivity contribution in [2.24, 2.45) is 0 Å². The van der Waals surface area contributed by atoms with Gasteiger partial charge in [-0.25, -0.2) is 0 Å². The summed E-state index contributed by atoms with van der Waals surface area (Å²) in [5, 5.41) is 29.8. The first kappa shape index (κ1) is 21.3. The number of phenols is 3. The Balaban J connectivity index is 2.05. The predicted octanol–water partition coefficient (Wildman–Crippen LogP) is 1.89. The molecule has 0 aliphatic rings. The molecule has 0 saturated carbocycles. The molecule has 28 heavy (non-hydrogen) atoms. The Morgan fingerprint density at radius 3 is 2.21 bits per heavy atom. The van der Waals surface area contributed by atoms with Gasteiger partial charge in [0, 0.05) is 18.6 Å². The van der Waals surface area contributed by atoms with Crippen molar-refractivity contribution < 1.29 is 42.6 Å². The van der Waals surface area contributed by atoms with Gasteiger partial charge in [-0.1, -0.05) is 6.07 Å². The summed E-state index contributed by atoms with van der Waals surface area (Å²) in [5.41, 5.74) is 0.371. The van der Waals surface area contributed by atoms with Gasteiger partial charge in [0.25, 0.3) is 10.1 Å². The van der Waals surface area contributed by atoms with Crippen LogP contribution in [-0.2, 0) is 16.5 Å². The molecular formula is C18H20O9S. The molecule has 2 rings (SSSR count). The van der Waals surface area contributed by atoms with Gasteiger partial charge >= 0.3 is 0 Å². The van der Waals surface area contributed by atoms with Crippen LogP contribution < -0.4 is 9.47 Å². The Kier molecular flexibility index (Phi) is 6.71. The first-order valence-corrected chi connectivity index (χ1v) is 9.74. The fraction of sp³-hybridized carbons (Fsp3) is 0.278. The zero-order valence-corrected chi connectivity index (χ0v) is 15.8. The van der Waals surface area contributed by atoms with E-state index < -0.39 is 39.8 Å². The molecule has 0 heterocycles. The van der Waals surface area contributed by atoms with E-state index in [9.17, 15) is 28.5 Å². The Morgan fingerprint density at radius 1 is 1.04 bits per heavy atom. The summed E-state index contributed by atoms with van der Waals surface area (Å²) in [6, 6.07) is 6.82. The van der Waals surface area contributed by atoms with Crippen LogP contribution in [0.25, 0.3) is 0 Å². The van der Waals surface area contributed by atoms with Crippen LogP contribution in [0.5, 0.6) is 28.7 Å². The van der Waals surface area contributed by atoms with Gasteiger partial charge in [0.15, 0.2) is 17.3 Å². The standard InChI is InChI=1S/C18H20O9S/c1-26-17-5-3-11(8-14(17)20)2-4-13(19)18-15(21)9-12(10-16(18)22)27-6-7-28(23,24)25/h3,5,8-10,20-22H,2,4,6-7H2,1H3,(H,23,24,25). The van der Waals surface area contributed by atoms with Gasteiger partial charge in [-0.15, -0.1) is 0 Å². The number of benzene rings is 2. The van der Waals surface area contributed by atoms with E-state index >= 15 is 0 Å². The lowest BCUT2D eigenvalue weighted by Gasteiger charge is -2.11. The molecule has 0 aromatic heterocycles. The molecule has 0 radical (unpaired) electrons. The molecule has 9 nitrogen and oxygen atoms in total. The molecule has 0 unspecified atom stereocenters. The maximum atomic E-state index is 12.4. The fourth-order valence-electron chi connectivity index (χ4n) is 2.49. The number of carbonyl (C=O) groups is 1. The van der Waals surface area contributed by atoms with Gasteiger partial charge in [-0.05, 0) is 24.1 Å². The van der Waals surface area contributed by atoms with Gasteiger partial charge in [-0.3, -0.25) is 9.35 Å². The van der Waals surface area contributed by atoms with Crippen molar-refractivity contribution >= 4 is 15.9 Å². The molecule has 2 aromatic rings. The average molecular weight is 412 g/mol. The number of hydrogen-bond donors (Lipinski definition) is 4. The van der Waals surface area contributed by atoms with Crippen molar-refractivity contribution in [3.8, 4) is 28.7 Å².